The van der Waals surface area contributed by atoms with Crippen LogP contribution in [0.15, 0.2) is 35.3 Å². The molecule has 0 unspecified atom stereocenters. The molecule has 0 fully saturated rings. The van der Waals surface area contributed by atoms with Crippen molar-refractivity contribution in [2.24, 2.45) is 4.99 Å². The molecule has 7 heteroatoms. The van der Waals surface area contributed by atoms with Gasteiger partial charge in [0.2, 0.25) is 0 Å². The summed E-state index contributed by atoms with van der Waals surface area (Å²) in [5, 5.41) is 11.5. The molecule has 0 aliphatic carbocycles. The lowest BCUT2D eigenvalue weighted by atomic mass is 10.2. The smallest absolute Gasteiger partial charge is 0.191 e. The Morgan fingerprint density at radius 1 is 1.19 bits per heavy atom. The Labute approximate surface area is 178 Å². The molecule has 5 nitrogen and oxygen atoms in total. The van der Waals surface area contributed by atoms with Gasteiger partial charge in [-0.25, -0.2) is 4.68 Å². The van der Waals surface area contributed by atoms with Crippen LogP contribution >= 0.6 is 35.7 Å². The van der Waals surface area contributed by atoms with E-state index in [2.05, 4.69) is 61.7 Å². The van der Waals surface area contributed by atoms with Crippen LogP contribution in [0.1, 0.15) is 30.8 Å². The lowest BCUT2D eigenvalue weighted by Crippen LogP contribution is -2.43. The van der Waals surface area contributed by atoms with Crippen molar-refractivity contribution in [1.29, 1.82) is 0 Å². The Morgan fingerprint density at radius 3 is 2.42 bits per heavy atom. The van der Waals surface area contributed by atoms with Gasteiger partial charge in [0.05, 0.1) is 11.4 Å². The zero-order valence-corrected chi connectivity index (χ0v) is 19.6. The number of guanidine groups is 1. The predicted molar refractivity (Wildman–Crippen MR) is 124 cm³/mol. The first-order chi connectivity index (χ1) is 11.9. The number of hydrogen-bond acceptors (Lipinski definition) is 3. The second-order valence-corrected chi connectivity index (χ2v) is 8.15. The van der Waals surface area contributed by atoms with Crippen LogP contribution in [0.25, 0.3) is 5.69 Å². The number of benzene rings is 1. The molecule has 2 aromatic rings. The number of rotatable bonds is 6. The lowest BCUT2D eigenvalue weighted by molar-refractivity contribution is 0.664. The van der Waals surface area contributed by atoms with Crippen LogP contribution in [0.4, 0.5) is 0 Å². The quantitative estimate of drug-likeness (QED) is 0.369. The molecule has 0 radical (unpaired) electrons. The van der Waals surface area contributed by atoms with E-state index >= 15 is 0 Å². The molecule has 1 aromatic heterocycles. The van der Waals surface area contributed by atoms with Crippen LogP contribution in [0, 0.1) is 13.8 Å². The summed E-state index contributed by atoms with van der Waals surface area (Å²) in [4.78, 5) is 4.32. The fraction of sp³-hybridized carbons (Fsp3) is 0.474. The third kappa shape index (κ3) is 5.90. The number of aliphatic imine (C=N–C) groups is 1. The normalized spacial score (nSPS) is 11.8. The van der Waals surface area contributed by atoms with Gasteiger partial charge in [-0.15, -0.1) is 24.0 Å². The SMILES string of the molecule is CN=C(NCc1c(C)nn(-c2ccccc2)c1C)NCC(C)(C)SC.I. The number of para-hydroxylation sites is 1. The molecule has 0 atom stereocenters. The number of aromatic nitrogens is 2. The van der Waals surface area contributed by atoms with Crippen LogP contribution in [0.2, 0.25) is 0 Å². The minimum atomic E-state index is 0. The van der Waals surface area contributed by atoms with Crippen molar-refractivity contribution in [2.75, 3.05) is 19.8 Å². The van der Waals surface area contributed by atoms with E-state index < -0.39 is 0 Å². The summed E-state index contributed by atoms with van der Waals surface area (Å²) in [6.45, 7) is 10.2. The number of hydrogen-bond donors (Lipinski definition) is 2. The van der Waals surface area contributed by atoms with E-state index in [0.29, 0.717) is 6.54 Å². The van der Waals surface area contributed by atoms with Crippen molar-refractivity contribution >= 4 is 41.7 Å². The molecule has 2 N–H and O–H groups in total. The van der Waals surface area contributed by atoms with Crippen molar-refractivity contribution in [2.45, 2.75) is 39.0 Å². The minimum absolute atomic E-state index is 0. The zero-order chi connectivity index (χ0) is 18.4. The van der Waals surface area contributed by atoms with Crippen LogP contribution in [-0.4, -0.2) is 40.3 Å². The van der Waals surface area contributed by atoms with Crippen molar-refractivity contribution in [3.8, 4) is 5.69 Å². The summed E-state index contributed by atoms with van der Waals surface area (Å²) < 4.78 is 2.17. The molecular formula is C19H30IN5S. The van der Waals surface area contributed by atoms with Gasteiger partial charge in [-0.1, -0.05) is 18.2 Å². The molecule has 1 heterocycles. The van der Waals surface area contributed by atoms with Crippen LogP contribution in [0.5, 0.6) is 0 Å². The van der Waals surface area contributed by atoms with E-state index in [1.807, 2.05) is 34.6 Å². The van der Waals surface area contributed by atoms with Gasteiger partial charge in [-0.3, -0.25) is 4.99 Å². The fourth-order valence-corrected chi connectivity index (χ4v) is 2.73. The summed E-state index contributed by atoms with van der Waals surface area (Å²) in [6, 6.07) is 10.2. The average Bonchev–Trinajstić information content (AvgIpc) is 2.90. The second kappa shape index (κ2) is 10.2. The van der Waals surface area contributed by atoms with E-state index in [1.54, 1.807) is 7.05 Å². The summed E-state index contributed by atoms with van der Waals surface area (Å²) in [5.74, 6) is 0.813. The molecule has 0 aliphatic rings. The van der Waals surface area contributed by atoms with Crippen molar-refractivity contribution in [1.82, 2.24) is 20.4 Å². The molecular weight excluding hydrogens is 457 g/mol. The van der Waals surface area contributed by atoms with Gasteiger partial charge in [0.1, 0.15) is 0 Å². The summed E-state index contributed by atoms with van der Waals surface area (Å²) in [5.41, 5.74) is 4.47. The highest BCUT2D eigenvalue weighted by molar-refractivity contribution is 14.0. The maximum Gasteiger partial charge on any atom is 0.191 e. The predicted octanol–water partition coefficient (Wildman–Crippen LogP) is 3.91. The monoisotopic (exact) mass is 487 g/mol. The van der Waals surface area contributed by atoms with Gasteiger partial charge in [-0.2, -0.15) is 16.9 Å². The first-order valence-electron chi connectivity index (χ1n) is 8.48. The summed E-state index contributed by atoms with van der Waals surface area (Å²) >= 11 is 1.84. The van der Waals surface area contributed by atoms with Gasteiger partial charge in [0.15, 0.2) is 5.96 Å². The first-order valence-corrected chi connectivity index (χ1v) is 9.70. The standard InChI is InChI=1S/C19H29N5S.HI/c1-14-17(12-21-18(20-5)22-13-19(3,4)25-6)15(2)24(23-14)16-10-8-7-9-11-16;/h7-11H,12-13H2,1-6H3,(H2,20,21,22);1H. The summed E-state index contributed by atoms with van der Waals surface area (Å²) in [6.07, 6.45) is 2.13. The Kier molecular flexibility index (Phi) is 8.95. The van der Waals surface area contributed by atoms with E-state index in [1.165, 1.54) is 5.56 Å². The third-order valence-electron chi connectivity index (χ3n) is 4.33. The Morgan fingerprint density at radius 2 is 1.85 bits per heavy atom. The largest absolute Gasteiger partial charge is 0.355 e. The second-order valence-electron chi connectivity index (χ2n) is 6.64. The highest BCUT2D eigenvalue weighted by atomic mass is 127. The molecule has 1 aromatic carbocycles. The van der Waals surface area contributed by atoms with Gasteiger partial charge in [0.25, 0.3) is 0 Å². The number of aryl methyl sites for hydroxylation is 1. The number of halogens is 1. The fourth-order valence-electron chi connectivity index (χ4n) is 2.51. The third-order valence-corrected chi connectivity index (χ3v) is 5.58. The number of nitrogens with zero attached hydrogens (tertiary/aromatic N) is 3. The van der Waals surface area contributed by atoms with E-state index in [4.69, 9.17) is 5.10 Å². The molecule has 144 valence electrons. The molecule has 0 aliphatic heterocycles. The maximum atomic E-state index is 4.70. The number of thioether (sulfide) groups is 1. The van der Waals surface area contributed by atoms with Gasteiger partial charge >= 0.3 is 0 Å². The van der Waals surface area contributed by atoms with Crippen molar-refractivity contribution in [3.63, 3.8) is 0 Å². The summed E-state index contributed by atoms with van der Waals surface area (Å²) in [7, 11) is 1.80. The molecule has 0 saturated heterocycles. The number of nitrogens with one attached hydrogen (secondary N) is 2. The molecule has 0 saturated carbocycles. The lowest BCUT2D eigenvalue weighted by Gasteiger charge is -2.23. The van der Waals surface area contributed by atoms with Gasteiger partial charge in [-0.05, 0) is 46.1 Å². The van der Waals surface area contributed by atoms with Gasteiger partial charge < -0.3 is 10.6 Å². The maximum absolute atomic E-state index is 4.70. The first kappa shape index (κ1) is 22.8. The Hall–Kier alpha value is -1.22. The zero-order valence-electron chi connectivity index (χ0n) is 16.5. The average molecular weight is 487 g/mol. The Bertz CT molecular complexity index is 725. The highest BCUT2D eigenvalue weighted by Gasteiger charge is 2.17. The van der Waals surface area contributed by atoms with E-state index in [0.717, 1.165) is 29.6 Å². The molecule has 2 rings (SSSR count). The van der Waals surface area contributed by atoms with E-state index in [-0.39, 0.29) is 28.7 Å². The molecule has 26 heavy (non-hydrogen) atoms. The van der Waals surface area contributed by atoms with Gasteiger partial charge in [0, 0.05) is 36.1 Å². The van der Waals surface area contributed by atoms with Crippen molar-refractivity contribution < 1.29 is 0 Å². The van der Waals surface area contributed by atoms with Crippen LogP contribution in [0.3, 0.4) is 0 Å². The molecule has 0 bridgehead atoms. The van der Waals surface area contributed by atoms with Crippen LogP contribution in [-0.2, 0) is 6.54 Å². The van der Waals surface area contributed by atoms with Crippen LogP contribution < -0.4 is 10.6 Å². The van der Waals surface area contributed by atoms with Crippen molar-refractivity contribution in [3.05, 3.63) is 47.3 Å². The minimum Gasteiger partial charge on any atom is -0.355 e. The van der Waals surface area contributed by atoms with E-state index in [9.17, 15) is 0 Å². The topological polar surface area (TPSA) is 54.2 Å². The molecule has 0 spiro atoms. The highest BCUT2D eigenvalue weighted by Crippen LogP contribution is 2.20. The Balaban J connectivity index is 0.00000338. The molecule has 0 amide bonds.